The van der Waals surface area contributed by atoms with Gasteiger partial charge in [0.1, 0.15) is 10.1 Å². The Morgan fingerprint density at radius 1 is 1.21 bits per heavy atom. The molecule has 0 aliphatic carbocycles. The molecule has 0 aliphatic heterocycles. The number of nitrogens with zero attached hydrogens (tertiary/aromatic N) is 2. The van der Waals surface area contributed by atoms with E-state index in [0.29, 0.717) is 27.1 Å². The average molecular weight is 340 g/mol. The van der Waals surface area contributed by atoms with Crippen molar-refractivity contribution in [2.75, 3.05) is 0 Å². The van der Waals surface area contributed by atoms with Crippen LogP contribution in [0.2, 0.25) is 5.02 Å². The summed E-state index contributed by atoms with van der Waals surface area (Å²) >= 11 is 9.21. The number of rotatable bonds is 2. The highest BCUT2D eigenvalue weighted by Crippen LogP contribution is 2.29. The van der Waals surface area contributed by atoms with Crippen LogP contribution >= 0.6 is 27.5 Å². The van der Waals surface area contributed by atoms with Gasteiger partial charge in [-0.05, 0) is 33.6 Å². The SMILES string of the molecule is Fc1cc(Cl)cc2c(Br)nn(Cc3ccccc3)c12. The maximum atomic E-state index is 14.1. The molecule has 0 aliphatic rings. The Labute approximate surface area is 122 Å². The molecule has 1 aromatic heterocycles. The first-order valence-electron chi connectivity index (χ1n) is 5.70. The molecule has 0 bridgehead atoms. The molecule has 0 fully saturated rings. The number of benzene rings is 2. The molecule has 2 aromatic carbocycles. The molecule has 0 N–H and O–H groups in total. The third-order valence-corrected chi connectivity index (χ3v) is 3.70. The van der Waals surface area contributed by atoms with Crippen molar-refractivity contribution < 1.29 is 4.39 Å². The second kappa shape index (κ2) is 4.94. The first kappa shape index (κ1) is 12.6. The van der Waals surface area contributed by atoms with Crippen LogP contribution in [-0.2, 0) is 6.54 Å². The van der Waals surface area contributed by atoms with Crippen LogP contribution in [0.1, 0.15) is 5.56 Å². The zero-order chi connectivity index (χ0) is 13.4. The zero-order valence-electron chi connectivity index (χ0n) is 9.78. The summed E-state index contributed by atoms with van der Waals surface area (Å²) in [6.07, 6.45) is 0. The smallest absolute Gasteiger partial charge is 0.150 e. The second-order valence-electron chi connectivity index (χ2n) is 4.22. The highest BCUT2D eigenvalue weighted by atomic mass is 79.9. The lowest BCUT2D eigenvalue weighted by Crippen LogP contribution is -2.02. The fourth-order valence-electron chi connectivity index (χ4n) is 2.07. The topological polar surface area (TPSA) is 17.8 Å². The van der Waals surface area contributed by atoms with E-state index in [0.717, 1.165) is 5.56 Å². The highest BCUT2D eigenvalue weighted by Gasteiger charge is 2.14. The van der Waals surface area contributed by atoms with Crippen LogP contribution in [-0.4, -0.2) is 9.78 Å². The van der Waals surface area contributed by atoms with Crippen molar-refractivity contribution in [1.29, 1.82) is 0 Å². The van der Waals surface area contributed by atoms with E-state index in [9.17, 15) is 4.39 Å². The van der Waals surface area contributed by atoms with Crippen LogP contribution in [0.4, 0.5) is 4.39 Å². The van der Waals surface area contributed by atoms with Crippen molar-refractivity contribution in [2.45, 2.75) is 6.54 Å². The van der Waals surface area contributed by atoms with Crippen LogP contribution in [0.5, 0.6) is 0 Å². The molecule has 0 saturated heterocycles. The molecule has 19 heavy (non-hydrogen) atoms. The maximum Gasteiger partial charge on any atom is 0.150 e. The van der Waals surface area contributed by atoms with Crippen molar-refractivity contribution in [3.05, 3.63) is 63.5 Å². The summed E-state index contributed by atoms with van der Waals surface area (Å²) in [4.78, 5) is 0. The molecular weight excluding hydrogens is 331 g/mol. The van der Waals surface area contributed by atoms with Crippen molar-refractivity contribution in [3.63, 3.8) is 0 Å². The molecule has 0 unspecified atom stereocenters. The first-order chi connectivity index (χ1) is 9.15. The molecule has 0 atom stereocenters. The average Bonchev–Trinajstić information content (AvgIpc) is 2.67. The Morgan fingerprint density at radius 2 is 1.95 bits per heavy atom. The number of fused-ring (bicyclic) bond motifs is 1. The molecule has 2 nitrogen and oxygen atoms in total. The van der Waals surface area contributed by atoms with Gasteiger partial charge in [0.05, 0.1) is 6.54 Å². The third kappa shape index (κ3) is 2.38. The minimum absolute atomic E-state index is 0.364. The van der Waals surface area contributed by atoms with Crippen LogP contribution in [0.3, 0.4) is 0 Å². The van der Waals surface area contributed by atoms with Gasteiger partial charge < -0.3 is 0 Å². The normalized spacial score (nSPS) is 11.1. The third-order valence-electron chi connectivity index (χ3n) is 2.89. The summed E-state index contributed by atoms with van der Waals surface area (Å²) in [5, 5.41) is 5.37. The molecular formula is C14H9BrClFN2. The Bertz CT molecular complexity index is 740. The second-order valence-corrected chi connectivity index (χ2v) is 5.41. The van der Waals surface area contributed by atoms with E-state index in [2.05, 4.69) is 21.0 Å². The van der Waals surface area contributed by atoms with E-state index in [1.54, 1.807) is 10.7 Å². The minimum Gasteiger partial charge on any atom is -0.256 e. The Morgan fingerprint density at radius 3 is 2.68 bits per heavy atom. The molecule has 0 amide bonds. The van der Waals surface area contributed by atoms with Gasteiger partial charge in [-0.25, -0.2) is 4.39 Å². The monoisotopic (exact) mass is 338 g/mol. The fraction of sp³-hybridized carbons (Fsp3) is 0.0714. The van der Waals surface area contributed by atoms with Crippen molar-refractivity contribution in [1.82, 2.24) is 9.78 Å². The molecule has 0 radical (unpaired) electrons. The molecule has 3 aromatic rings. The predicted octanol–water partition coefficient (Wildman–Crippen LogP) is 4.64. The Balaban J connectivity index is 2.15. The summed E-state index contributed by atoms with van der Waals surface area (Å²) < 4.78 is 16.3. The number of hydrogen-bond acceptors (Lipinski definition) is 1. The Kier molecular flexibility index (Phi) is 3.29. The lowest BCUT2D eigenvalue weighted by molar-refractivity contribution is 0.615. The van der Waals surface area contributed by atoms with Crippen molar-refractivity contribution in [2.24, 2.45) is 0 Å². The van der Waals surface area contributed by atoms with Crippen LogP contribution < -0.4 is 0 Å². The van der Waals surface area contributed by atoms with Gasteiger partial charge >= 0.3 is 0 Å². The Hall–Kier alpha value is -1.39. The fourth-order valence-corrected chi connectivity index (χ4v) is 2.76. The van der Waals surface area contributed by atoms with E-state index in [-0.39, 0.29) is 5.82 Å². The van der Waals surface area contributed by atoms with Gasteiger partial charge in [-0.2, -0.15) is 5.10 Å². The number of aromatic nitrogens is 2. The van der Waals surface area contributed by atoms with E-state index >= 15 is 0 Å². The predicted molar refractivity (Wildman–Crippen MR) is 77.9 cm³/mol. The largest absolute Gasteiger partial charge is 0.256 e. The van der Waals surface area contributed by atoms with E-state index < -0.39 is 0 Å². The molecule has 96 valence electrons. The van der Waals surface area contributed by atoms with Gasteiger partial charge in [-0.1, -0.05) is 41.9 Å². The lowest BCUT2D eigenvalue weighted by Gasteiger charge is -2.04. The first-order valence-corrected chi connectivity index (χ1v) is 6.87. The molecule has 3 rings (SSSR count). The van der Waals surface area contributed by atoms with Crippen LogP contribution in [0, 0.1) is 5.82 Å². The lowest BCUT2D eigenvalue weighted by atomic mass is 10.2. The summed E-state index contributed by atoms with van der Waals surface area (Å²) in [5.41, 5.74) is 1.52. The molecule has 1 heterocycles. The summed E-state index contributed by atoms with van der Waals surface area (Å²) in [5.74, 6) is -0.364. The van der Waals surface area contributed by atoms with Crippen molar-refractivity contribution in [3.8, 4) is 0 Å². The summed E-state index contributed by atoms with van der Waals surface area (Å²) in [6, 6.07) is 12.8. The zero-order valence-corrected chi connectivity index (χ0v) is 12.1. The minimum atomic E-state index is -0.364. The quantitative estimate of drug-likeness (QED) is 0.665. The molecule has 5 heteroatoms. The van der Waals surface area contributed by atoms with Crippen LogP contribution in [0.25, 0.3) is 10.9 Å². The van der Waals surface area contributed by atoms with Crippen molar-refractivity contribution >= 4 is 38.4 Å². The van der Waals surface area contributed by atoms with Gasteiger partial charge in [-0.3, -0.25) is 4.68 Å². The van der Waals surface area contributed by atoms with E-state index in [1.165, 1.54) is 6.07 Å². The molecule has 0 saturated carbocycles. The van der Waals surface area contributed by atoms with Gasteiger partial charge in [-0.15, -0.1) is 0 Å². The number of halogens is 3. The maximum absolute atomic E-state index is 14.1. The van der Waals surface area contributed by atoms with Gasteiger partial charge in [0.2, 0.25) is 0 Å². The van der Waals surface area contributed by atoms with Gasteiger partial charge in [0.15, 0.2) is 5.82 Å². The van der Waals surface area contributed by atoms with Gasteiger partial charge in [0.25, 0.3) is 0 Å². The van der Waals surface area contributed by atoms with E-state index in [4.69, 9.17) is 11.6 Å². The van der Waals surface area contributed by atoms with E-state index in [1.807, 2.05) is 30.3 Å². The summed E-state index contributed by atoms with van der Waals surface area (Å²) in [7, 11) is 0. The number of hydrogen-bond donors (Lipinski definition) is 0. The highest BCUT2D eigenvalue weighted by molar-refractivity contribution is 9.10. The standard InChI is InChI=1S/C14H9BrClFN2/c15-14-11-6-10(16)7-12(17)13(11)19(18-14)8-9-4-2-1-3-5-9/h1-7H,8H2. The molecule has 0 spiro atoms. The van der Waals surface area contributed by atoms with Crippen LogP contribution in [0.15, 0.2) is 47.1 Å². The van der Waals surface area contributed by atoms with Gasteiger partial charge in [0, 0.05) is 10.4 Å². The summed E-state index contributed by atoms with van der Waals surface area (Å²) in [6.45, 7) is 0.515.